The van der Waals surface area contributed by atoms with Gasteiger partial charge in [-0.2, -0.15) is 0 Å². The average molecular weight is 177 g/mol. The third-order valence-corrected chi connectivity index (χ3v) is 1.72. The van der Waals surface area contributed by atoms with Crippen molar-refractivity contribution in [1.82, 2.24) is 14.8 Å². The minimum Gasteiger partial charge on any atom is -0.409 e. The fourth-order valence-electron chi connectivity index (χ4n) is 1.12. The summed E-state index contributed by atoms with van der Waals surface area (Å²) in [7, 11) is 0. The molecule has 2 aromatic rings. The summed E-state index contributed by atoms with van der Waals surface area (Å²) in [5.74, 6) is 0.0490. The highest BCUT2D eigenvalue weighted by atomic mass is 16.4. The number of nitrogens with zero attached hydrogens (tertiary/aromatic N) is 4. The molecule has 0 saturated heterocycles. The van der Waals surface area contributed by atoms with Gasteiger partial charge in [0.25, 0.3) is 0 Å². The van der Waals surface area contributed by atoms with E-state index < -0.39 is 0 Å². The molecule has 0 spiro atoms. The first-order valence-corrected chi connectivity index (χ1v) is 3.60. The Hall–Kier alpha value is -2.11. The predicted octanol–water partition coefficient (Wildman–Crippen LogP) is -0.176. The van der Waals surface area contributed by atoms with Crippen LogP contribution in [0.3, 0.4) is 0 Å². The summed E-state index contributed by atoms with van der Waals surface area (Å²) in [4.78, 5) is 0. The summed E-state index contributed by atoms with van der Waals surface area (Å²) in [6, 6.07) is 3.48. The normalized spacial score (nSPS) is 12.2. The fourth-order valence-corrected chi connectivity index (χ4v) is 1.12. The second-order valence-electron chi connectivity index (χ2n) is 2.47. The molecule has 2 rings (SSSR count). The Labute approximate surface area is 73.3 Å². The summed E-state index contributed by atoms with van der Waals surface area (Å²) in [5.41, 5.74) is 6.76. The minimum absolute atomic E-state index is 0.0490. The van der Waals surface area contributed by atoms with Gasteiger partial charge in [0, 0.05) is 11.8 Å². The second kappa shape index (κ2) is 2.74. The number of pyridine rings is 1. The minimum atomic E-state index is 0.0490. The van der Waals surface area contributed by atoms with Gasteiger partial charge in [-0.25, -0.2) is 4.52 Å². The molecule has 3 N–H and O–H groups in total. The molecular formula is C7H7N5O. The fraction of sp³-hybridized carbons (Fsp3) is 0. The third kappa shape index (κ3) is 1.08. The number of aromatic nitrogens is 3. The van der Waals surface area contributed by atoms with Crippen LogP contribution in [0.1, 0.15) is 5.56 Å². The van der Waals surface area contributed by atoms with Gasteiger partial charge in [0.2, 0.25) is 0 Å². The van der Waals surface area contributed by atoms with E-state index in [0.29, 0.717) is 11.1 Å². The molecule has 0 amide bonds. The maximum atomic E-state index is 8.50. The summed E-state index contributed by atoms with van der Waals surface area (Å²) >= 11 is 0. The first-order valence-electron chi connectivity index (χ1n) is 3.60. The first kappa shape index (κ1) is 7.53. The van der Waals surface area contributed by atoms with Gasteiger partial charge in [-0.15, -0.1) is 5.10 Å². The van der Waals surface area contributed by atoms with Gasteiger partial charge in [0.1, 0.15) is 0 Å². The van der Waals surface area contributed by atoms with Gasteiger partial charge in [-0.3, -0.25) is 0 Å². The summed E-state index contributed by atoms with van der Waals surface area (Å²) in [6.45, 7) is 0. The predicted molar refractivity (Wildman–Crippen MR) is 45.5 cm³/mol. The molecule has 66 valence electrons. The molecular weight excluding hydrogens is 170 g/mol. The molecule has 0 bridgehead atoms. The van der Waals surface area contributed by atoms with E-state index in [-0.39, 0.29) is 5.84 Å². The van der Waals surface area contributed by atoms with E-state index in [1.807, 2.05) is 0 Å². The van der Waals surface area contributed by atoms with Crippen LogP contribution >= 0.6 is 0 Å². The Morgan fingerprint density at radius 2 is 2.46 bits per heavy atom. The molecule has 0 saturated carbocycles. The molecule has 0 aliphatic rings. The summed E-state index contributed by atoms with van der Waals surface area (Å²) in [5, 5.41) is 18.9. The molecule has 0 fully saturated rings. The maximum Gasteiger partial charge on any atom is 0.172 e. The van der Waals surface area contributed by atoms with E-state index in [0.717, 1.165) is 0 Å². The van der Waals surface area contributed by atoms with Crippen LogP contribution in [-0.4, -0.2) is 25.9 Å². The highest BCUT2D eigenvalue weighted by Crippen LogP contribution is 2.07. The zero-order chi connectivity index (χ0) is 9.26. The molecule has 13 heavy (non-hydrogen) atoms. The van der Waals surface area contributed by atoms with E-state index in [4.69, 9.17) is 10.9 Å². The molecule has 0 atom stereocenters. The van der Waals surface area contributed by atoms with Gasteiger partial charge < -0.3 is 10.9 Å². The lowest BCUT2D eigenvalue weighted by atomic mass is 10.2. The van der Waals surface area contributed by atoms with Crippen molar-refractivity contribution in [2.75, 3.05) is 0 Å². The molecule has 0 aliphatic carbocycles. The third-order valence-electron chi connectivity index (χ3n) is 1.72. The van der Waals surface area contributed by atoms with Crippen molar-refractivity contribution in [3.8, 4) is 0 Å². The zero-order valence-corrected chi connectivity index (χ0v) is 6.62. The summed E-state index contributed by atoms with van der Waals surface area (Å²) < 4.78 is 1.55. The van der Waals surface area contributed by atoms with E-state index in [9.17, 15) is 0 Å². The molecule has 0 aromatic carbocycles. The highest BCUT2D eigenvalue weighted by Gasteiger charge is 2.05. The lowest BCUT2D eigenvalue weighted by Crippen LogP contribution is -2.14. The van der Waals surface area contributed by atoms with Crippen LogP contribution in [0.2, 0.25) is 0 Å². The first-order chi connectivity index (χ1) is 6.33. The quantitative estimate of drug-likeness (QED) is 0.274. The summed E-state index contributed by atoms with van der Waals surface area (Å²) in [6.07, 6.45) is 3.28. The number of hydrogen-bond donors (Lipinski definition) is 2. The van der Waals surface area contributed by atoms with Crippen LogP contribution in [0.5, 0.6) is 0 Å². The number of nitrogens with two attached hydrogens (primary N) is 1. The van der Waals surface area contributed by atoms with Crippen molar-refractivity contribution in [1.29, 1.82) is 0 Å². The van der Waals surface area contributed by atoms with Gasteiger partial charge in [0.15, 0.2) is 5.84 Å². The zero-order valence-electron chi connectivity index (χ0n) is 6.62. The van der Waals surface area contributed by atoms with Gasteiger partial charge in [-0.1, -0.05) is 10.4 Å². The van der Waals surface area contributed by atoms with Crippen LogP contribution in [0.25, 0.3) is 5.52 Å². The van der Waals surface area contributed by atoms with Crippen LogP contribution in [0, 0.1) is 0 Å². The number of amidine groups is 1. The lowest BCUT2D eigenvalue weighted by Gasteiger charge is -1.99. The Morgan fingerprint density at radius 1 is 1.62 bits per heavy atom. The molecule has 2 aromatic heterocycles. The number of rotatable bonds is 1. The van der Waals surface area contributed by atoms with Crippen LogP contribution in [-0.2, 0) is 0 Å². The van der Waals surface area contributed by atoms with E-state index >= 15 is 0 Å². The van der Waals surface area contributed by atoms with Crippen LogP contribution in [0.15, 0.2) is 29.7 Å². The van der Waals surface area contributed by atoms with E-state index in [1.54, 1.807) is 29.0 Å². The van der Waals surface area contributed by atoms with Crippen molar-refractivity contribution >= 4 is 11.4 Å². The molecule has 0 aliphatic heterocycles. The van der Waals surface area contributed by atoms with Crippen molar-refractivity contribution < 1.29 is 5.21 Å². The number of oxime groups is 1. The van der Waals surface area contributed by atoms with Crippen molar-refractivity contribution in [2.45, 2.75) is 0 Å². The van der Waals surface area contributed by atoms with Gasteiger partial charge in [-0.05, 0) is 12.1 Å². The molecule has 6 heteroatoms. The van der Waals surface area contributed by atoms with Gasteiger partial charge in [0.05, 0.1) is 11.7 Å². The smallest absolute Gasteiger partial charge is 0.172 e. The maximum absolute atomic E-state index is 8.50. The standard InChI is InChI=1S/C7H7N5O/c8-7(10-13)5-2-1-3-12-6(5)4-9-11-12/h1-4,13H,(H2,8,10). The highest BCUT2D eigenvalue weighted by molar-refractivity contribution is 6.02. The van der Waals surface area contributed by atoms with Gasteiger partial charge >= 0.3 is 0 Å². The van der Waals surface area contributed by atoms with E-state index in [1.165, 1.54) is 0 Å². The second-order valence-corrected chi connectivity index (χ2v) is 2.47. The largest absolute Gasteiger partial charge is 0.409 e. The van der Waals surface area contributed by atoms with Crippen molar-refractivity contribution in [3.63, 3.8) is 0 Å². The Kier molecular flexibility index (Phi) is 1.59. The Bertz CT molecular complexity index is 461. The molecule has 6 nitrogen and oxygen atoms in total. The molecule has 0 radical (unpaired) electrons. The lowest BCUT2D eigenvalue weighted by molar-refractivity contribution is 0.318. The van der Waals surface area contributed by atoms with E-state index in [2.05, 4.69) is 15.5 Å². The van der Waals surface area contributed by atoms with Crippen LogP contribution in [0.4, 0.5) is 0 Å². The van der Waals surface area contributed by atoms with Crippen molar-refractivity contribution in [2.24, 2.45) is 10.9 Å². The molecule has 0 unspecified atom stereocenters. The topological polar surface area (TPSA) is 88.8 Å². The monoisotopic (exact) mass is 177 g/mol. The number of hydrogen-bond acceptors (Lipinski definition) is 4. The number of fused-ring (bicyclic) bond motifs is 1. The van der Waals surface area contributed by atoms with Crippen molar-refractivity contribution in [3.05, 3.63) is 30.1 Å². The average Bonchev–Trinajstić information content (AvgIpc) is 2.63. The Morgan fingerprint density at radius 3 is 3.23 bits per heavy atom. The SMILES string of the molecule is N/C(=N/O)c1cccn2nncc12. The Balaban J connectivity index is 2.75. The molecule has 2 heterocycles. The van der Waals surface area contributed by atoms with Crippen LogP contribution < -0.4 is 5.73 Å².